The van der Waals surface area contributed by atoms with Crippen molar-refractivity contribution in [3.8, 4) is 0 Å². The van der Waals surface area contributed by atoms with Crippen LogP contribution in [0.1, 0.15) is 18.9 Å². The molecular formula is C15H18F3NO2. The Morgan fingerprint density at radius 1 is 1.33 bits per heavy atom. The lowest BCUT2D eigenvalue weighted by molar-refractivity contribution is -0.177. The number of carbonyl (C=O) groups excluding carboxylic acids is 1. The van der Waals surface area contributed by atoms with Gasteiger partial charge in [0.15, 0.2) is 0 Å². The molecule has 0 saturated carbocycles. The molecule has 2 atom stereocenters. The molecule has 3 nitrogen and oxygen atoms in total. The van der Waals surface area contributed by atoms with Crippen LogP contribution in [0, 0.1) is 5.92 Å². The minimum atomic E-state index is -4.34. The number of nitrogens with zero attached hydrogens (tertiary/aromatic N) is 1. The molecule has 1 saturated heterocycles. The van der Waals surface area contributed by atoms with E-state index in [0.717, 1.165) is 5.56 Å². The molecule has 1 aromatic carbocycles. The molecule has 1 aliphatic heterocycles. The second-order valence-corrected chi connectivity index (χ2v) is 5.16. The van der Waals surface area contributed by atoms with E-state index in [4.69, 9.17) is 4.74 Å². The smallest absolute Gasteiger partial charge is 0.404 e. The summed E-state index contributed by atoms with van der Waals surface area (Å²) >= 11 is 0. The zero-order chi connectivity index (χ0) is 15.5. The SMILES string of the molecule is CCOC(=O)C1CC(C(F)(F)F)N(Cc2ccccc2)C1. The van der Waals surface area contributed by atoms with Crippen molar-refractivity contribution in [3.05, 3.63) is 35.9 Å². The minimum absolute atomic E-state index is 0.0813. The van der Waals surface area contributed by atoms with Crippen LogP contribution in [0.3, 0.4) is 0 Å². The van der Waals surface area contributed by atoms with Gasteiger partial charge in [-0.05, 0) is 18.9 Å². The predicted molar refractivity (Wildman–Crippen MR) is 71.4 cm³/mol. The van der Waals surface area contributed by atoms with Gasteiger partial charge in [-0.3, -0.25) is 9.69 Å². The molecular weight excluding hydrogens is 283 g/mol. The average molecular weight is 301 g/mol. The van der Waals surface area contributed by atoms with E-state index in [-0.39, 0.29) is 26.1 Å². The van der Waals surface area contributed by atoms with Gasteiger partial charge in [0, 0.05) is 13.1 Å². The fraction of sp³-hybridized carbons (Fsp3) is 0.533. The zero-order valence-corrected chi connectivity index (χ0v) is 11.8. The van der Waals surface area contributed by atoms with Crippen molar-refractivity contribution in [2.45, 2.75) is 32.1 Å². The third kappa shape index (κ3) is 3.97. The fourth-order valence-corrected chi connectivity index (χ4v) is 2.67. The van der Waals surface area contributed by atoms with Gasteiger partial charge in [-0.25, -0.2) is 0 Å². The monoisotopic (exact) mass is 301 g/mol. The summed E-state index contributed by atoms with van der Waals surface area (Å²) in [7, 11) is 0. The number of esters is 1. The van der Waals surface area contributed by atoms with Crippen molar-refractivity contribution in [1.82, 2.24) is 4.90 Å². The van der Waals surface area contributed by atoms with E-state index in [9.17, 15) is 18.0 Å². The van der Waals surface area contributed by atoms with Crippen molar-refractivity contribution in [3.63, 3.8) is 0 Å². The molecule has 1 heterocycles. The molecule has 6 heteroatoms. The molecule has 0 spiro atoms. The highest BCUT2D eigenvalue weighted by Crippen LogP contribution is 2.36. The second kappa shape index (κ2) is 6.47. The predicted octanol–water partition coefficient (Wildman–Crippen LogP) is 3.00. The molecule has 1 aliphatic rings. The maximum atomic E-state index is 13.1. The number of rotatable bonds is 4. The van der Waals surface area contributed by atoms with E-state index in [1.165, 1.54) is 4.90 Å². The average Bonchev–Trinajstić information content (AvgIpc) is 2.84. The molecule has 1 fully saturated rings. The lowest BCUT2D eigenvalue weighted by atomic mass is 10.1. The van der Waals surface area contributed by atoms with Crippen molar-refractivity contribution in [2.24, 2.45) is 5.92 Å². The molecule has 0 aliphatic carbocycles. The maximum absolute atomic E-state index is 13.1. The van der Waals surface area contributed by atoms with Gasteiger partial charge < -0.3 is 4.74 Å². The van der Waals surface area contributed by atoms with E-state index in [1.54, 1.807) is 31.2 Å². The number of ether oxygens (including phenoxy) is 1. The quantitative estimate of drug-likeness (QED) is 0.801. The summed E-state index contributed by atoms with van der Waals surface area (Å²) in [6.45, 7) is 2.10. The topological polar surface area (TPSA) is 29.5 Å². The molecule has 0 amide bonds. The van der Waals surface area contributed by atoms with Gasteiger partial charge in [-0.2, -0.15) is 13.2 Å². The Bertz CT molecular complexity index is 476. The zero-order valence-electron chi connectivity index (χ0n) is 11.8. The molecule has 116 valence electrons. The lowest BCUT2D eigenvalue weighted by Gasteiger charge is -2.26. The van der Waals surface area contributed by atoms with Gasteiger partial charge in [0.2, 0.25) is 0 Å². The third-order valence-electron chi connectivity index (χ3n) is 3.63. The number of halogens is 3. The summed E-state index contributed by atoms with van der Waals surface area (Å²) in [5.74, 6) is -1.25. The van der Waals surface area contributed by atoms with E-state index in [0.29, 0.717) is 0 Å². The van der Waals surface area contributed by atoms with E-state index >= 15 is 0 Å². The van der Waals surface area contributed by atoms with Gasteiger partial charge in [0.05, 0.1) is 12.5 Å². The Labute approximate surface area is 121 Å². The van der Waals surface area contributed by atoms with E-state index in [2.05, 4.69) is 0 Å². The first-order valence-electron chi connectivity index (χ1n) is 6.93. The Morgan fingerprint density at radius 2 is 2.00 bits per heavy atom. The molecule has 2 unspecified atom stereocenters. The van der Waals surface area contributed by atoms with Crippen LogP contribution in [0.15, 0.2) is 30.3 Å². The van der Waals surface area contributed by atoms with Gasteiger partial charge >= 0.3 is 12.1 Å². The third-order valence-corrected chi connectivity index (χ3v) is 3.63. The number of likely N-dealkylation sites (tertiary alicyclic amines) is 1. The summed E-state index contributed by atoms with van der Waals surface area (Å²) in [6, 6.07) is 7.37. The van der Waals surface area contributed by atoms with Crippen molar-refractivity contribution >= 4 is 5.97 Å². The van der Waals surface area contributed by atoms with Crippen LogP contribution >= 0.6 is 0 Å². The van der Waals surface area contributed by atoms with E-state index in [1.807, 2.05) is 6.07 Å². The van der Waals surface area contributed by atoms with Gasteiger partial charge in [-0.15, -0.1) is 0 Å². The Hall–Kier alpha value is -1.56. The standard InChI is InChI=1S/C15H18F3NO2/c1-2-21-14(20)12-8-13(15(16,17)18)19(10-12)9-11-6-4-3-5-7-11/h3-7,12-13H,2,8-10H2,1H3. The van der Waals surface area contributed by atoms with Crippen LogP contribution in [0.4, 0.5) is 13.2 Å². The molecule has 21 heavy (non-hydrogen) atoms. The number of hydrogen-bond acceptors (Lipinski definition) is 3. The number of carbonyl (C=O) groups is 1. The minimum Gasteiger partial charge on any atom is -0.466 e. The van der Waals surface area contributed by atoms with Crippen LogP contribution in [-0.2, 0) is 16.1 Å². The van der Waals surface area contributed by atoms with E-state index < -0.39 is 24.1 Å². The summed E-state index contributed by atoms with van der Waals surface area (Å²) in [5, 5.41) is 0. The highest BCUT2D eigenvalue weighted by molar-refractivity contribution is 5.73. The molecule has 0 N–H and O–H groups in total. The Balaban J connectivity index is 2.11. The largest absolute Gasteiger partial charge is 0.466 e. The van der Waals surface area contributed by atoms with Gasteiger partial charge in [0.25, 0.3) is 0 Å². The van der Waals surface area contributed by atoms with Crippen molar-refractivity contribution in [2.75, 3.05) is 13.2 Å². The Morgan fingerprint density at radius 3 is 2.57 bits per heavy atom. The molecule has 0 aromatic heterocycles. The number of hydrogen-bond donors (Lipinski definition) is 0. The van der Waals surface area contributed by atoms with Crippen LogP contribution in [0.25, 0.3) is 0 Å². The fourth-order valence-electron chi connectivity index (χ4n) is 2.67. The summed E-state index contributed by atoms with van der Waals surface area (Å²) in [6.07, 6.45) is -4.56. The van der Waals surface area contributed by atoms with Crippen LogP contribution in [-0.4, -0.2) is 36.2 Å². The second-order valence-electron chi connectivity index (χ2n) is 5.16. The summed E-state index contributed by atoms with van der Waals surface area (Å²) in [5.41, 5.74) is 0.802. The number of alkyl halides is 3. The number of benzene rings is 1. The lowest BCUT2D eigenvalue weighted by Crippen LogP contribution is -2.40. The summed E-state index contributed by atoms with van der Waals surface area (Å²) in [4.78, 5) is 13.0. The molecule has 0 radical (unpaired) electrons. The first-order chi connectivity index (χ1) is 9.91. The van der Waals surface area contributed by atoms with Crippen LogP contribution in [0.5, 0.6) is 0 Å². The van der Waals surface area contributed by atoms with Crippen molar-refractivity contribution < 1.29 is 22.7 Å². The Kier molecular flexibility index (Phi) is 4.88. The first-order valence-corrected chi connectivity index (χ1v) is 6.93. The molecule has 1 aromatic rings. The van der Waals surface area contributed by atoms with Crippen LogP contribution < -0.4 is 0 Å². The summed E-state index contributed by atoms with van der Waals surface area (Å²) < 4.78 is 44.3. The molecule has 2 rings (SSSR count). The normalized spacial score (nSPS) is 23.2. The van der Waals surface area contributed by atoms with Crippen LogP contribution in [0.2, 0.25) is 0 Å². The van der Waals surface area contributed by atoms with Gasteiger partial charge in [-0.1, -0.05) is 30.3 Å². The highest BCUT2D eigenvalue weighted by atomic mass is 19.4. The van der Waals surface area contributed by atoms with Gasteiger partial charge in [0.1, 0.15) is 6.04 Å². The highest BCUT2D eigenvalue weighted by Gasteiger charge is 2.50. The first kappa shape index (κ1) is 15.8. The maximum Gasteiger partial charge on any atom is 0.404 e. The van der Waals surface area contributed by atoms with Crippen molar-refractivity contribution in [1.29, 1.82) is 0 Å². The molecule has 0 bridgehead atoms.